The minimum absolute atomic E-state index is 0.424. The summed E-state index contributed by atoms with van der Waals surface area (Å²) in [5.41, 5.74) is 4.65. The number of hydrogen-bond donors (Lipinski definition) is 0. The van der Waals surface area contributed by atoms with E-state index < -0.39 is 0 Å². The number of pyridine rings is 1. The average molecular weight is 306 g/mol. The van der Waals surface area contributed by atoms with Crippen molar-refractivity contribution in [2.75, 3.05) is 0 Å². The van der Waals surface area contributed by atoms with E-state index in [1.165, 1.54) is 11.1 Å². The molecule has 2 heterocycles. The van der Waals surface area contributed by atoms with E-state index in [-0.39, 0.29) is 0 Å². The summed E-state index contributed by atoms with van der Waals surface area (Å²) in [5, 5.41) is 8.07. The molecule has 3 rings (SSSR count). The van der Waals surface area contributed by atoms with Crippen LogP contribution in [0.4, 0.5) is 0 Å². The van der Waals surface area contributed by atoms with Crippen molar-refractivity contribution in [1.29, 1.82) is 0 Å². The SMILES string of the molecule is CCCc1c(C=O)nnn1-c1ccc(Cc2ccncc2)cc1. The summed E-state index contributed by atoms with van der Waals surface area (Å²) >= 11 is 0. The van der Waals surface area contributed by atoms with E-state index in [1.54, 1.807) is 17.1 Å². The molecule has 3 aromatic rings. The second kappa shape index (κ2) is 6.96. The van der Waals surface area contributed by atoms with Crippen LogP contribution in [0.1, 0.15) is 40.7 Å². The minimum Gasteiger partial charge on any atom is -0.296 e. The van der Waals surface area contributed by atoms with E-state index in [4.69, 9.17) is 0 Å². The first-order chi connectivity index (χ1) is 11.3. The van der Waals surface area contributed by atoms with Gasteiger partial charge < -0.3 is 0 Å². The molecule has 5 heteroatoms. The van der Waals surface area contributed by atoms with Gasteiger partial charge in [-0.3, -0.25) is 9.78 Å². The predicted molar refractivity (Wildman–Crippen MR) is 87.8 cm³/mol. The van der Waals surface area contributed by atoms with Gasteiger partial charge in [0.1, 0.15) is 5.69 Å². The third-order valence-corrected chi connectivity index (χ3v) is 3.73. The zero-order valence-corrected chi connectivity index (χ0v) is 13.0. The molecule has 0 radical (unpaired) electrons. The van der Waals surface area contributed by atoms with Gasteiger partial charge in [0.2, 0.25) is 0 Å². The number of hydrogen-bond acceptors (Lipinski definition) is 4. The summed E-state index contributed by atoms with van der Waals surface area (Å²) in [6.45, 7) is 2.07. The number of aromatic nitrogens is 4. The van der Waals surface area contributed by atoms with Crippen molar-refractivity contribution in [2.45, 2.75) is 26.2 Å². The molecular formula is C18H18N4O. The molecule has 0 saturated heterocycles. The number of aldehydes is 1. The molecule has 0 atom stereocenters. The zero-order valence-electron chi connectivity index (χ0n) is 13.0. The second-order valence-electron chi connectivity index (χ2n) is 5.40. The van der Waals surface area contributed by atoms with E-state index in [0.29, 0.717) is 5.69 Å². The van der Waals surface area contributed by atoms with Crippen LogP contribution < -0.4 is 0 Å². The third-order valence-electron chi connectivity index (χ3n) is 3.73. The molecule has 2 aromatic heterocycles. The molecule has 0 aliphatic carbocycles. The van der Waals surface area contributed by atoms with Crippen LogP contribution in [0.3, 0.4) is 0 Å². The Kier molecular flexibility index (Phi) is 4.57. The monoisotopic (exact) mass is 306 g/mol. The van der Waals surface area contributed by atoms with Gasteiger partial charge in [-0.15, -0.1) is 5.10 Å². The van der Waals surface area contributed by atoms with Crippen LogP contribution in [0.15, 0.2) is 48.8 Å². The molecule has 0 amide bonds. The Morgan fingerprint density at radius 3 is 2.39 bits per heavy atom. The fraction of sp³-hybridized carbons (Fsp3) is 0.222. The van der Waals surface area contributed by atoms with Crippen molar-refractivity contribution in [3.8, 4) is 5.69 Å². The van der Waals surface area contributed by atoms with Gasteiger partial charge in [0.25, 0.3) is 0 Å². The highest BCUT2D eigenvalue weighted by atomic mass is 16.1. The van der Waals surface area contributed by atoms with Gasteiger partial charge in [0.15, 0.2) is 6.29 Å². The number of benzene rings is 1. The molecule has 0 unspecified atom stereocenters. The smallest absolute Gasteiger partial charge is 0.172 e. The summed E-state index contributed by atoms with van der Waals surface area (Å²) in [6.07, 6.45) is 6.95. The lowest BCUT2D eigenvalue weighted by molar-refractivity contribution is 0.111. The molecule has 0 saturated carbocycles. The second-order valence-corrected chi connectivity index (χ2v) is 5.40. The molecule has 0 aliphatic rings. The maximum Gasteiger partial charge on any atom is 0.172 e. The van der Waals surface area contributed by atoms with Crippen LogP contribution in [0.5, 0.6) is 0 Å². The fourth-order valence-corrected chi connectivity index (χ4v) is 2.57. The Morgan fingerprint density at radius 1 is 1.04 bits per heavy atom. The molecule has 0 N–H and O–H groups in total. The molecule has 0 fully saturated rings. The normalized spacial score (nSPS) is 10.7. The van der Waals surface area contributed by atoms with Gasteiger partial charge >= 0.3 is 0 Å². The van der Waals surface area contributed by atoms with Gasteiger partial charge in [-0.25, -0.2) is 4.68 Å². The molecule has 1 aromatic carbocycles. The molecule has 23 heavy (non-hydrogen) atoms. The Labute approximate surface area is 135 Å². The van der Waals surface area contributed by atoms with Crippen molar-refractivity contribution in [2.24, 2.45) is 0 Å². The maximum absolute atomic E-state index is 11.1. The van der Waals surface area contributed by atoms with Gasteiger partial charge in [-0.05, 0) is 48.2 Å². The van der Waals surface area contributed by atoms with Crippen molar-refractivity contribution in [3.63, 3.8) is 0 Å². The quantitative estimate of drug-likeness (QED) is 0.657. The van der Waals surface area contributed by atoms with Gasteiger partial charge in [0, 0.05) is 12.4 Å². The number of carbonyl (C=O) groups is 1. The Morgan fingerprint density at radius 2 is 1.74 bits per heavy atom. The van der Waals surface area contributed by atoms with Crippen LogP contribution in [-0.4, -0.2) is 26.3 Å². The summed E-state index contributed by atoms with van der Waals surface area (Å²) in [6, 6.07) is 12.2. The summed E-state index contributed by atoms with van der Waals surface area (Å²) in [5.74, 6) is 0. The Balaban J connectivity index is 1.85. The highest BCUT2D eigenvalue weighted by Gasteiger charge is 2.12. The van der Waals surface area contributed by atoms with Gasteiger partial charge in [0.05, 0.1) is 11.4 Å². The van der Waals surface area contributed by atoms with Crippen molar-refractivity contribution in [3.05, 3.63) is 71.3 Å². The summed E-state index contributed by atoms with van der Waals surface area (Å²) in [4.78, 5) is 15.1. The highest BCUT2D eigenvalue weighted by molar-refractivity contribution is 5.73. The van der Waals surface area contributed by atoms with Crippen molar-refractivity contribution < 1.29 is 4.79 Å². The molecule has 5 nitrogen and oxygen atoms in total. The van der Waals surface area contributed by atoms with E-state index >= 15 is 0 Å². The minimum atomic E-state index is 0.424. The number of carbonyl (C=O) groups excluding carboxylic acids is 1. The van der Waals surface area contributed by atoms with E-state index in [1.807, 2.05) is 24.3 Å². The third kappa shape index (κ3) is 3.34. The lowest BCUT2D eigenvalue weighted by atomic mass is 10.1. The van der Waals surface area contributed by atoms with Crippen LogP contribution in [-0.2, 0) is 12.8 Å². The lowest BCUT2D eigenvalue weighted by Crippen LogP contribution is -2.03. The summed E-state index contributed by atoms with van der Waals surface area (Å²) in [7, 11) is 0. The number of rotatable bonds is 6. The van der Waals surface area contributed by atoms with Gasteiger partial charge in [-0.2, -0.15) is 0 Å². The molecule has 0 spiro atoms. The standard InChI is InChI=1S/C18H18N4O/c1-2-3-18-17(13-23)20-21-22(18)16-6-4-14(5-7-16)12-15-8-10-19-11-9-15/h4-11,13H,2-3,12H2,1H3. The van der Waals surface area contributed by atoms with Crippen LogP contribution >= 0.6 is 0 Å². The first kappa shape index (κ1) is 15.1. The number of nitrogens with zero attached hydrogens (tertiary/aromatic N) is 4. The molecular weight excluding hydrogens is 288 g/mol. The molecule has 0 aliphatic heterocycles. The molecule has 0 bridgehead atoms. The van der Waals surface area contributed by atoms with E-state index in [2.05, 4.69) is 34.4 Å². The van der Waals surface area contributed by atoms with Crippen molar-refractivity contribution >= 4 is 6.29 Å². The van der Waals surface area contributed by atoms with E-state index in [9.17, 15) is 4.79 Å². The first-order valence-electron chi connectivity index (χ1n) is 7.69. The van der Waals surface area contributed by atoms with Crippen LogP contribution in [0, 0.1) is 0 Å². The summed E-state index contributed by atoms with van der Waals surface area (Å²) < 4.78 is 1.75. The maximum atomic E-state index is 11.1. The highest BCUT2D eigenvalue weighted by Crippen LogP contribution is 2.16. The molecule has 116 valence electrons. The van der Waals surface area contributed by atoms with E-state index in [0.717, 1.165) is 36.9 Å². The Bertz CT molecular complexity index is 779. The van der Waals surface area contributed by atoms with Crippen molar-refractivity contribution in [1.82, 2.24) is 20.0 Å². The lowest BCUT2D eigenvalue weighted by Gasteiger charge is -2.07. The topological polar surface area (TPSA) is 60.7 Å². The van der Waals surface area contributed by atoms with Gasteiger partial charge in [-0.1, -0.05) is 30.7 Å². The zero-order chi connectivity index (χ0) is 16.1. The van der Waals surface area contributed by atoms with Crippen LogP contribution in [0.2, 0.25) is 0 Å². The fourth-order valence-electron chi connectivity index (χ4n) is 2.57. The average Bonchev–Trinajstić information content (AvgIpc) is 3.00. The first-order valence-corrected chi connectivity index (χ1v) is 7.69. The Hall–Kier alpha value is -2.82. The largest absolute Gasteiger partial charge is 0.296 e. The predicted octanol–water partition coefficient (Wildman–Crippen LogP) is 3.02. The van der Waals surface area contributed by atoms with Crippen LogP contribution in [0.25, 0.3) is 5.69 Å².